The van der Waals surface area contributed by atoms with Crippen LogP contribution in [0.2, 0.25) is 0 Å². The van der Waals surface area contributed by atoms with Crippen LogP contribution in [0.15, 0.2) is 41.8 Å². The van der Waals surface area contributed by atoms with Crippen LogP contribution in [-0.2, 0) is 19.5 Å². The van der Waals surface area contributed by atoms with Crippen LogP contribution in [0, 0.1) is 0 Å². The van der Waals surface area contributed by atoms with Crippen molar-refractivity contribution < 1.29 is 0 Å². The standard InChI is InChI=1S/C17H22N2S/c18-10-9-14-4-1-2-5-15(14)12-19(16-7-8-16)13-17-6-3-11-20-17/h1-6,11,16H,7-10,12-13,18H2. The summed E-state index contributed by atoms with van der Waals surface area (Å²) in [5.41, 5.74) is 8.58. The Bertz CT molecular complexity index is 532. The summed E-state index contributed by atoms with van der Waals surface area (Å²) in [6, 6.07) is 13.9. The van der Waals surface area contributed by atoms with Gasteiger partial charge in [-0.25, -0.2) is 0 Å². The number of hydrogen-bond acceptors (Lipinski definition) is 3. The van der Waals surface area contributed by atoms with Crippen molar-refractivity contribution in [3.05, 3.63) is 57.8 Å². The van der Waals surface area contributed by atoms with Crippen molar-refractivity contribution in [1.29, 1.82) is 0 Å². The zero-order valence-electron chi connectivity index (χ0n) is 11.8. The van der Waals surface area contributed by atoms with Crippen molar-refractivity contribution >= 4 is 11.3 Å². The Labute approximate surface area is 125 Å². The van der Waals surface area contributed by atoms with Crippen molar-refractivity contribution in [1.82, 2.24) is 4.90 Å². The lowest BCUT2D eigenvalue weighted by molar-refractivity contribution is 0.247. The van der Waals surface area contributed by atoms with Crippen LogP contribution in [0.3, 0.4) is 0 Å². The summed E-state index contributed by atoms with van der Waals surface area (Å²) in [5.74, 6) is 0. The second-order valence-corrected chi connectivity index (χ2v) is 6.56. The molecular weight excluding hydrogens is 264 g/mol. The summed E-state index contributed by atoms with van der Waals surface area (Å²) in [6.45, 7) is 2.86. The number of benzene rings is 1. The zero-order valence-corrected chi connectivity index (χ0v) is 12.6. The molecule has 1 aromatic heterocycles. The Morgan fingerprint density at radius 1 is 1.05 bits per heavy atom. The molecule has 2 nitrogen and oxygen atoms in total. The van der Waals surface area contributed by atoms with Crippen LogP contribution in [0.4, 0.5) is 0 Å². The minimum Gasteiger partial charge on any atom is -0.330 e. The van der Waals surface area contributed by atoms with Crippen molar-refractivity contribution in [2.24, 2.45) is 5.73 Å². The highest BCUT2D eigenvalue weighted by Gasteiger charge is 2.29. The Morgan fingerprint density at radius 2 is 1.85 bits per heavy atom. The van der Waals surface area contributed by atoms with Crippen LogP contribution in [-0.4, -0.2) is 17.5 Å². The van der Waals surface area contributed by atoms with Crippen molar-refractivity contribution in [2.45, 2.75) is 38.4 Å². The smallest absolute Gasteiger partial charge is 0.0334 e. The highest BCUT2D eigenvalue weighted by atomic mass is 32.1. The molecule has 0 unspecified atom stereocenters. The number of hydrogen-bond donors (Lipinski definition) is 1. The van der Waals surface area contributed by atoms with Crippen LogP contribution in [0.25, 0.3) is 0 Å². The van der Waals surface area contributed by atoms with Crippen LogP contribution < -0.4 is 5.73 Å². The molecule has 0 spiro atoms. The molecule has 1 fully saturated rings. The molecule has 106 valence electrons. The first kappa shape index (κ1) is 13.8. The third-order valence-electron chi connectivity index (χ3n) is 3.91. The van der Waals surface area contributed by atoms with Gasteiger partial charge >= 0.3 is 0 Å². The maximum atomic E-state index is 5.73. The van der Waals surface area contributed by atoms with E-state index in [2.05, 4.69) is 46.7 Å². The molecule has 20 heavy (non-hydrogen) atoms. The van der Waals surface area contributed by atoms with E-state index in [0.29, 0.717) is 0 Å². The van der Waals surface area contributed by atoms with E-state index in [0.717, 1.165) is 32.1 Å². The average molecular weight is 286 g/mol. The lowest BCUT2D eigenvalue weighted by Gasteiger charge is -2.23. The van der Waals surface area contributed by atoms with E-state index in [9.17, 15) is 0 Å². The lowest BCUT2D eigenvalue weighted by Crippen LogP contribution is -2.25. The van der Waals surface area contributed by atoms with Gasteiger partial charge in [-0.05, 0) is 48.4 Å². The first-order valence-electron chi connectivity index (χ1n) is 7.40. The number of rotatable bonds is 7. The lowest BCUT2D eigenvalue weighted by atomic mass is 10.0. The molecule has 0 saturated heterocycles. The largest absolute Gasteiger partial charge is 0.330 e. The minimum atomic E-state index is 0.728. The summed E-state index contributed by atoms with van der Waals surface area (Å²) in [5, 5.41) is 2.17. The van der Waals surface area contributed by atoms with Crippen LogP contribution in [0.5, 0.6) is 0 Å². The van der Waals surface area contributed by atoms with Gasteiger partial charge in [0.2, 0.25) is 0 Å². The summed E-state index contributed by atoms with van der Waals surface area (Å²) in [6.07, 6.45) is 3.68. The molecule has 1 heterocycles. The van der Waals surface area contributed by atoms with Gasteiger partial charge in [0.1, 0.15) is 0 Å². The van der Waals surface area contributed by atoms with Gasteiger partial charge in [-0.15, -0.1) is 11.3 Å². The molecule has 0 bridgehead atoms. The van der Waals surface area contributed by atoms with Gasteiger partial charge in [-0.2, -0.15) is 0 Å². The normalized spacial score (nSPS) is 14.9. The number of thiophene rings is 1. The molecule has 1 aliphatic rings. The van der Waals surface area contributed by atoms with Gasteiger partial charge in [0.05, 0.1) is 0 Å². The van der Waals surface area contributed by atoms with Crippen molar-refractivity contribution in [3.63, 3.8) is 0 Å². The van der Waals surface area contributed by atoms with E-state index < -0.39 is 0 Å². The van der Waals surface area contributed by atoms with Crippen LogP contribution >= 0.6 is 11.3 Å². The minimum absolute atomic E-state index is 0.728. The molecule has 3 rings (SSSR count). The molecule has 1 aliphatic carbocycles. The summed E-state index contributed by atoms with van der Waals surface area (Å²) < 4.78 is 0. The van der Waals surface area contributed by atoms with Gasteiger partial charge in [0.15, 0.2) is 0 Å². The molecule has 0 radical (unpaired) electrons. The van der Waals surface area contributed by atoms with E-state index in [1.54, 1.807) is 0 Å². The molecule has 0 aliphatic heterocycles. The molecule has 0 atom stereocenters. The number of nitrogens with two attached hydrogens (primary N) is 1. The Balaban J connectivity index is 1.73. The first-order chi connectivity index (χ1) is 9.86. The SMILES string of the molecule is NCCc1ccccc1CN(Cc1cccs1)C1CC1. The maximum absolute atomic E-state index is 5.73. The molecule has 0 amide bonds. The molecule has 1 saturated carbocycles. The highest BCUT2D eigenvalue weighted by Crippen LogP contribution is 2.31. The summed E-state index contributed by atoms with van der Waals surface area (Å²) >= 11 is 1.86. The van der Waals surface area contributed by atoms with Gasteiger partial charge in [-0.3, -0.25) is 4.90 Å². The number of nitrogens with zero attached hydrogens (tertiary/aromatic N) is 1. The third kappa shape index (κ3) is 3.48. The predicted octanol–water partition coefficient (Wildman–Crippen LogP) is 3.41. The fourth-order valence-electron chi connectivity index (χ4n) is 2.69. The van der Waals surface area contributed by atoms with E-state index in [1.807, 2.05) is 11.3 Å². The molecule has 1 aromatic carbocycles. The van der Waals surface area contributed by atoms with Crippen LogP contribution in [0.1, 0.15) is 28.8 Å². The molecule has 2 aromatic rings. The van der Waals surface area contributed by atoms with E-state index >= 15 is 0 Å². The van der Waals surface area contributed by atoms with Gasteiger partial charge < -0.3 is 5.73 Å². The Kier molecular flexibility index (Phi) is 4.51. The Morgan fingerprint density at radius 3 is 2.50 bits per heavy atom. The Hall–Kier alpha value is -1.16. The topological polar surface area (TPSA) is 29.3 Å². The first-order valence-corrected chi connectivity index (χ1v) is 8.28. The predicted molar refractivity (Wildman–Crippen MR) is 85.8 cm³/mol. The molecule has 2 N–H and O–H groups in total. The fraction of sp³-hybridized carbons (Fsp3) is 0.412. The van der Waals surface area contributed by atoms with E-state index in [-0.39, 0.29) is 0 Å². The second kappa shape index (κ2) is 6.53. The quantitative estimate of drug-likeness (QED) is 0.845. The zero-order chi connectivity index (χ0) is 13.8. The average Bonchev–Trinajstić information content (AvgIpc) is 3.19. The van der Waals surface area contributed by atoms with Crippen molar-refractivity contribution in [3.8, 4) is 0 Å². The third-order valence-corrected chi connectivity index (χ3v) is 4.77. The van der Waals surface area contributed by atoms with E-state index in [4.69, 9.17) is 5.73 Å². The fourth-order valence-corrected chi connectivity index (χ4v) is 3.42. The second-order valence-electron chi connectivity index (χ2n) is 5.52. The van der Waals surface area contributed by atoms with E-state index in [1.165, 1.54) is 28.8 Å². The molecule has 3 heteroatoms. The van der Waals surface area contributed by atoms with Gasteiger partial charge in [-0.1, -0.05) is 30.3 Å². The van der Waals surface area contributed by atoms with Gasteiger partial charge in [0, 0.05) is 24.0 Å². The maximum Gasteiger partial charge on any atom is 0.0334 e. The summed E-state index contributed by atoms with van der Waals surface area (Å²) in [4.78, 5) is 4.09. The highest BCUT2D eigenvalue weighted by molar-refractivity contribution is 7.09. The van der Waals surface area contributed by atoms with Crippen molar-refractivity contribution in [2.75, 3.05) is 6.54 Å². The molecular formula is C17H22N2S. The summed E-state index contributed by atoms with van der Waals surface area (Å²) in [7, 11) is 0. The van der Waals surface area contributed by atoms with Gasteiger partial charge in [0.25, 0.3) is 0 Å². The monoisotopic (exact) mass is 286 g/mol.